The highest BCUT2D eigenvalue weighted by molar-refractivity contribution is 6.02. The van der Waals surface area contributed by atoms with Crippen LogP contribution in [-0.2, 0) is 9.53 Å². The number of halogens is 1. The summed E-state index contributed by atoms with van der Waals surface area (Å²) in [5.74, 6) is 1.01. The molecule has 0 saturated carbocycles. The van der Waals surface area contributed by atoms with Gasteiger partial charge in [0, 0.05) is 68.5 Å². The van der Waals surface area contributed by atoms with Crippen molar-refractivity contribution in [3.8, 4) is 23.2 Å². The normalized spacial score (nSPS) is 21.8. The van der Waals surface area contributed by atoms with Crippen LogP contribution in [0.1, 0.15) is 12.0 Å². The number of benzene rings is 2. The van der Waals surface area contributed by atoms with Crippen LogP contribution < -0.4 is 20.7 Å². The van der Waals surface area contributed by atoms with Gasteiger partial charge in [0.2, 0.25) is 0 Å². The zero-order valence-electron chi connectivity index (χ0n) is 25.9. The van der Waals surface area contributed by atoms with E-state index in [-0.39, 0.29) is 36.7 Å². The van der Waals surface area contributed by atoms with E-state index in [1.165, 1.54) is 16.8 Å². The van der Waals surface area contributed by atoms with Crippen molar-refractivity contribution in [1.82, 2.24) is 19.8 Å². The summed E-state index contributed by atoms with van der Waals surface area (Å²) in [6, 6.07) is 17.9. The average Bonchev–Trinajstić information content (AvgIpc) is 3.51. The van der Waals surface area contributed by atoms with Gasteiger partial charge in [-0.15, -0.1) is 0 Å². The second-order valence-electron chi connectivity index (χ2n) is 12.1. The molecule has 2 atom stereocenters. The predicted octanol–water partition coefficient (Wildman–Crippen LogP) is 2.89. The third-order valence-electron chi connectivity index (χ3n) is 9.10. The Bertz CT molecular complexity index is 1730. The second-order valence-corrected chi connectivity index (χ2v) is 12.1. The maximum atomic E-state index is 15.2. The molecule has 4 aliphatic rings. The molecular formula is C34H36FN9O3. The highest BCUT2D eigenvalue weighted by atomic mass is 19.1. The number of carbonyl (C=O) groups excluding carboxylic acids is 1. The van der Waals surface area contributed by atoms with Crippen LogP contribution in [0.25, 0.3) is 11.4 Å². The lowest BCUT2D eigenvalue weighted by Gasteiger charge is -2.43. The number of amides is 1. The molecule has 3 fully saturated rings. The minimum absolute atomic E-state index is 0.121. The number of allylic oxidation sites excluding steroid dienone is 1. The Kier molecular flexibility index (Phi) is 8.69. The first-order valence-corrected chi connectivity index (χ1v) is 15.8. The fourth-order valence-electron chi connectivity index (χ4n) is 6.26. The molecule has 0 spiro atoms. The molecule has 4 aliphatic heterocycles. The zero-order valence-corrected chi connectivity index (χ0v) is 25.9. The lowest BCUT2D eigenvalue weighted by atomic mass is 10.0. The molecule has 13 heteroatoms. The number of piperidine rings is 1. The Morgan fingerprint density at radius 2 is 1.89 bits per heavy atom. The molecule has 1 aromatic heterocycles. The van der Waals surface area contributed by atoms with Gasteiger partial charge in [-0.25, -0.2) is 14.4 Å². The summed E-state index contributed by atoms with van der Waals surface area (Å²) < 4.78 is 26.5. The van der Waals surface area contributed by atoms with E-state index >= 15 is 4.39 Å². The minimum atomic E-state index is -1.43. The van der Waals surface area contributed by atoms with Crippen LogP contribution in [0.4, 0.5) is 21.6 Å². The van der Waals surface area contributed by atoms with Crippen LogP contribution in [-0.4, -0.2) is 109 Å². The van der Waals surface area contributed by atoms with Gasteiger partial charge >= 0.3 is 0 Å². The number of ether oxygens (including phenoxy) is 2. The fourth-order valence-corrected chi connectivity index (χ4v) is 6.26. The van der Waals surface area contributed by atoms with Gasteiger partial charge in [-0.3, -0.25) is 14.7 Å². The largest absolute Gasteiger partial charge is 0.486 e. The number of carbonyl (C=O) groups is 1. The fraction of sp³-hybridized carbons (Fsp3) is 0.382. The van der Waals surface area contributed by atoms with Gasteiger partial charge in [0.05, 0.1) is 49.2 Å². The van der Waals surface area contributed by atoms with Crippen molar-refractivity contribution >= 4 is 29.3 Å². The Hall–Kier alpha value is -5.06. The maximum absolute atomic E-state index is 15.2. The number of aliphatic imine (C=N–C) groups is 1. The van der Waals surface area contributed by atoms with Crippen LogP contribution >= 0.6 is 0 Å². The smallest absolute Gasteiger partial charge is 0.253 e. The van der Waals surface area contributed by atoms with Crippen molar-refractivity contribution in [2.75, 3.05) is 69.2 Å². The van der Waals surface area contributed by atoms with Gasteiger partial charge in [0.15, 0.2) is 12.0 Å². The molecule has 0 radical (unpaired) electrons. The van der Waals surface area contributed by atoms with E-state index < -0.39 is 12.3 Å². The first-order chi connectivity index (χ1) is 22.9. The number of likely N-dealkylation sites (tertiary alicyclic amines) is 1. The summed E-state index contributed by atoms with van der Waals surface area (Å²) in [5.41, 5.74) is 9.51. The molecule has 3 saturated heterocycles. The lowest BCUT2D eigenvalue weighted by molar-refractivity contribution is -0.131. The number of hydrogen-bond donors (Lipinski definition) is 2. The van der Waals surface area contributed by atoms with Gasteiger partial charge in [0.1, 0.15) is 23.7 Å². The molecule has 5 heterocycles. The first-order valence-electron chi connectivity index (χ1n) is 15.8. The van der Waals surface area contributed by atoms with E-state index in [1.54, 1.807) is 30.5 Å². The molecule has 47 heavy (non-hydrogen) atoms. The van der Waals surface area contributed by atoms with Gasteiger partial charge in [-0.2, -0.15) is 5.26 Å². The van der Waals surface area contributed by atoms with Crippen molar-refractivity contribution in [2.45, 2.75) is 24.7 Å². The highest BCUT2D eigenvalue weighted by Gasteiger charge is 2.35. The van der Waals surface area contributed by atoms with Gasteiger partial charge < -0.3 is 30.3 Å². The number of nitrogens with zero attached hydrogens (tertiary/aromatic N) is 7. The number of alkyl halides is 1. The van der Waals surface area contributed by atoms with Gasteiger partial charge in [0.25, 0.3) is 5.91 Å². The molecule has 12 nitrogen and oxygen atoms in total. The maximum Gasteiger partial charge on any atom is 0.253 e. The average molecular weight is 638 g/mol. The van der Waals surface area contributed by atoms with Crippen molar-refractivity contribution in [1.29, 1.82) is 5.26 Å². The van der Waals surface area contributed by atoms with E-state index in [1.807, 2.05) is 12.1 Å². The number of hydrogen-bond acceptors (Lipinski definition) is 11. The summed E-state index contributed by atoms with van der Waals surface area (Å²) in [4.78, 5) is 32.2. The molecule has 7 rings (SSSR count). The number of nitrogens with two attached hydrogens (primary N) is 1. The zero-order chi connectivity index (χ0) is 32.3. The third-order valence-corrected chi connectivity index (χ3v) is 9.10. The standard InChI is InChI=1S/C34H36FN9O3/c35-28-19-44(34(45)27-17-38-18-29(27)37)10-8-31(28)47-30-6-1-22(15-23(30)16-36)33-39-9-7-32(41-33)40-24-2-4-25(5-3-24)42-11-13-43(14-12-42)26-20-46-21-26/h1-7,9,15,18,26,28,31H,8,10-14,17,19-21,37H2,(H,39,40,41)/t28-,31+/m1/s1. The van der Waals surface area contributed by atoms with Crippen molar-refractivity contribution in [3.63, 3.8) is 0 Å². The van der Waals surface area contributed by atoms with E-state index in [4.69, 9.17) is 15.2 Å². The van der Waals surface area contributed by atoms with Crippen molar-refractivity contribution < 1.29 is 18.7 Å². The summed E-state index contributed by atoms with van der Waals surface area (Å²) >= 11 is 0. The van der Waals surface area contributed by atoms with E-state index in [0.717, 1.165) is 45.1 Å². The molecule has 3 aromatic rings. The second kappa shape index (κ2) is 13.4. The predicted molar refractivity (Wildman–Crippen MR) is 175 cm³/mol. The molecule has 0 unspecified atom stereocenters. The number of aromatic nitrogens is 2. The van der Waals surface area contributed by atoms with Crippen LogP contribution in [0.5, 0.6) is 5.75 Å². The highest BCUT2D eigenvalue weighted by Crippen LogP contribution is 2.30. The van der Waals surface area contributed by atoms with Crippen LogP contribution in [0.15, 0.2) is 71.0 Å². The topological polar surface area (TPSA) is 145 Å². The van der Waals surface area contributed by atoms with Gasteiger partial charge in [-0.1, -0.05) is 0 Å². The van der Waals surface area contributed by atoms with Crippen molar-refractivity contribution in [2.24, 2.45) is 10.7 Å². The third kappa shape index (κ3) is 6.61. The van der Waals surface area contributed by atoms with E-state index in [2.05, 4.69) is 48.3 Å². The number of rotatable bonds is 8. The molecular weight excluding hydrogens is 601 g/mol. The van der Waals surface area contributed by atoms with Gasteiger partial charge in [-0.05, 0) is 48.5 Å². The molecule has 3 N–H and O–H groups in total. The monoisotopic (exact) mass is 637 g/mol. The Labute approximate surface area is 272 Å². The number of nitrogens with one attached hydrogen (secondary N) is 1. The SMILES string of the molecule is N#Cc1cc(-c2nccc(Nc3ccc(N4CCN(C5COC5)CC4)cc3)n2)ccc1O[C@H]1CCN(C(=O)C2=C(N)C=NC2)C[C@H]1F. The van der Waals surface area contributed by atoms with Crippen molar-refractivity contribution in [3.05, 3.63) is 71.6 Å². The Morgan fingerprint density at radius 3 is 2.57 bits per heavy atom. The Morgan fingerprint density at radius 1 is 1.09 bits per heavy atom. The molecule has 0 aliphatic carbocycles. The summed E-state index contributed by atoms with van der Waals surface area (Å²) in [6.07, 6.45) is 1.16. The quantitative estimate of drug-likeness (QED) is 0.378. The van der Waals surface area contributed by atoms with Crippen LogP contribution in [0.3, 0.4) is 0 Å². The van der Waals surface area contributed by atoms with Crippen LogP contribution in [0.2, 0.25) is 0 Å². The summed E-state index contributed by atoms with van der Waals surface area (Å²) in [6.45, 7) is 6.17. The molecule has 1 amide bonds. The first kappa shape index (κ1) is 30.6. The minimum Gasteiger partial charge on any atom is -0.486 e. The Balaban J connectivity index is 0.964. The summed E-state index contributed by atoms with van der Waals surface area (Å²) in [5, 5.41) is 13.2. The number of nitriles is 1. The lowest BCUT2D eigenvalue weighted by Crippen LogP contribution is -2.56. The molecule has 0 bridgehead atoms. The summed E-state index contributed by atoms with van der Waals surface area (Å²) in [7, 11) is 0. The molecule has 242 valence electrons. The number of piperazine rings is 1. The molecule has 2 aromatic carbocycles. The van der Waals surface area contributed by atoms with Crippen LogP contribution in [0, 0.1) is 11.3 Å². The van der Waals surface area contributed by atoms with E-state index in [0.29, 0.717) is 41.1 Å². The number of anilines is 3. The van der Waals surface area contributed by atoms with E-state index in [9.17, 15) is 10.1 Å².